The van der Waals surface area contributed by atoms with Crippen molar-refractivity contribution in [3.8, 4) is 0 Å². The Hall–Kier alpha value is -0.750. The molecule has 0 spiro atoms. The maximum atomic E-state index is 11.9. The average Bonchev–Trinajstić information content (AvgIpc) is 2.86. The van der Waals surface area contributed by atoms with E-state index in [-0.39, 0.29) is 29.0 Å². The molecule has 0 heterocycles. The van der Waals surface area contributed by atoms with Crippen LogP contribution in [0.3, 0.4) is 0 Å². The van der Waals surface area contributed by atoms with Gasteiger partial charge in [-0.1, -0.05) is 19.4 Å². The third-order valence-corrected chi connectivity index (χ3v) is 8.84. The van der Waals surface area contributed by atoms with E-state index in [2.05, 4.69) is 6.92 Å². The molecule has 5 nitrogen and oxygen atoms in total. The van der Waals surface area contributed by atoms with Crippen molar-refractivity contribution in [2.45, 2.75) is 76.6 Å². The fourth-order valence-electron chi connectivity index (χ4n) is 7.42. The van der Waals surface area contributed by atoms with Crippen molar-refractivity contribution in [2.24, 2.45) is 28.6 Å². The molecule has 0 aromatic heterocycles. The number of hydrogen-bond donors (Lipinski definition) is 4. The highest BCUT2D eigenvalue weighted by molar-refractivity contribution is 5.91. The summed E-state index contributed by atoms with van der Waals surface area (Å²) < 4.78 is 0. The first kappa shape index (κ1) is 18.6. The summed E-state index contributed by atoms with van der Waals surface area (Å²) in [5.74, 6) is 0.798. The summed E-state index contributed by atoms with van der Waals surface area (Å²) in [5.41, 5.74) is -0.898. The number of hydrogen-bond acceptors (Lipinski definition) is 5. The fourth-order valence-corrected chi connectivity index (χ4v) is 7.42. The number of aliphatic hydroxyl groups is 4. The van der Waals surface area contributed by atoms with E-state index in [1.807, 2.05) is 13.0 Å². The molecule has 146 valence electrons. The highest BCUT2D eigenvalue weighted by Crippen LogP contribution is 2.67. The van der Waals surface area contributed by atoms with Crippen LogP contribution in [0, 0.1) is 28.6 Å². The molecule has 0 amide bonds. The summed E-state index contributed by atoms with van der Waals surface area (Å²) in [6, 6.07) is 0. The molecule has 0 saturated heterocycles. The molecule has 4 aliphatic rings. The van der Waals surface area contributed by atoms with E-state index < -0.39 is 29.8 Å². The number of allylic oxidation sites excluding steroid dienone is 1. The molecule has 0 aromatic carbocycles. The maximum absolute atomic E-state index is 11.9. The first-order valence-electron chi connectivity index (χ1n) is 10.1. The largest absolute Gasteiger partial charge is 0.394 e. The van der Waals surface area contributed by atoms with E-state index in [1.165, 1.54) is 5.57 Å². The van der Waals surface area contributed by atoms with Gasteiger partial charge in [-0.05, 0) is 67.8 Å². The van der Waals surface area contributed by atoms with E-state index in [1.54, 1.807) is 0 Å². The van der Waals surface area contributed by atoms with E-state index >= 15 is 0 Å². The Morgan fingerprint density at radius 2 is 1.96 bits per heavy atom. The van der Waals surface area contributed by atoms with Crippen molar-refractivity contribution in [1.82, 2.24) is 0 Å². The van der Waals surface area contributed by atoms with Crippen LogP contribution in [-0.4, -0.2) is 50.6 Å². The van der Waals surface area contributed by atoms with Crippen LogP contribution >= 0.6 is 0 Å². The molecule has 0 bridgehead atoms. The maximum Gasteiger partial charge on any atom is 0.155 e. The van der Waals surface area contributed by atoms with Gasteiger partial charge < -0.3 is 20.4 Å². The lowest BCUT2D eigenvalue weighted by atomic mass is 9.45. The molecular formula is C21H32O5. The Labute approximate surface area is 155 Å². The summed E-state index contributed by atoms with van der Waals surface area (Å²) in [6.45, 7) is 3.73. The Kier molecular flexibility index (Phi) is 4.20. The molecule has 0 aliphatic heterocycles. The van der Waals surface area contributed by atoms with Crippen LogP contribution in [0.15, 0.2) is 11.6 Å². The highest BCUT2D eigenvalue weighted by Gasteiger charge is 2.67. The molecule has 5 heteroatoms. The van der Waals surface area contributed by atoms with Gasteiger partial charge in [0, 0.05) is 11.8 Å². The second-order valence-electron chi connectivity index (χ2n) is 9.74. The van der Waals surface area contributed by atoms with Gasteiger partial charge in [0.05, 0.1) is 18.3 Å². The monoisotopic (exact) mass is 364 g/mol. The fraction of sp³-hybridized carbons (Fsp3) is 0.857. The van der Waals surface area contributed by atoms with Crippen LogP contribution in [-0.2, 0) is 4.79 Å². The van der Waals surface area contributed by atoms with Crippen molar-refractivity contribution < 1.29 is 25.2 Å². The summed E-state index contributed by atoms with van der Waals surface area (Å²) in [6.07, 6.45) is 4.92. The average molecular weight is 364 g/mol. The second-order valence-corrected chi connectivity index (χ2v) is 9.74. The summed E-state index contributed by atoms with van der Waals surface area (Å²) in [4.78, 5) is 11.9. The molecule has 7 unspecified atom stereocenters. The number of carbonyl (C=O) groups excluding carboxylic acids is 1. The zero-order chi connectivity index (χ0) is 18.9. The van der Waals surface area contributed by atoms with Crippen LogP contribution in [0.5, 0.6) is 0 Å². The number of ketones is 1. The van der Waals surface area contributed by atoms with E-state index in [0.29, 0.717) is 19.3 Å². The summed E-state index contributed by atoms with van der Waals surface area (Å²) >= 11 is 0. The number of rotatable bonds is 2. The van der Waals surface area contributed by atoms with Gasteiger partial charge >= 0.3 is 0 Å². The van der Waals surface area contributed by atoms with Crippen molar-refractivity contribution in [1.29, 1.82) is 0 Å². The molecule has 3 fully saturated rings. The molecule has 4 aliphatic carbocycles. The Balaban J connectivity index is 1.72. The van der Waals surface area contributed by atoms with E-state index in [9.17, 15) is 25.2 Å². The standard InChI is InChI=1S/C21H32O5/c1-19-7-5-13(23)9-12(19)3-4-14-15-6-8-21(26,17(25)11-22)20(15,2)10-16(24)18(14)19/h9,14-18,22,24-26H,3-8,10-11H2,1-2H3/t14?,15?,16?,17?,18?,19?,20?,21-/m0/s1. The van der Waals surface area contributed by atoms with Crippen molar-refractivity contribution >= 4 is 5.78 Å². The molecule has 8 atom stereocenters. The minimum absolute atomic E-state index is 0.0993. The Morgan fingerprint density at radius 1 is 1.23 bits per heavy atom. The first-order valence-corrected chi connectivity index (χ1v) is 10.1. The van der Waals surface area contributed by atoms with Crippen LogP contribution in [0.25, 0.3) is 0 Å². The van der Waals surface area contributed by atoms with E-state index in [4.69, 9.17) is 0 Å². The number of fused-ring (bicyclic) bond motifs is 5. The van der Waals surface area contributed by atoms with Crippen molar-refractivity contribution in [3.05, 3.63) is 11.6 Å². The lowest BCUT2D eigenvalue weighted by Crippen LogP contribution is -2.63. The van der Waals surface area contributed by atoms with Gasteiger partial charge in [-0.2, -0.15) is 0 Å². The Bertz CT molecular complexity index is 644. The van der Waals surface area contributed by atoms with Gasteiger partial charge in [0.15, 0.2) is 5.78 Å². The van der Waals surface area contributed by atoms with Gasteiger partial charge in [0.2, 0.25) is 0 Å². The van der Waals surface area contributed by atoms with Gasteiger partial charge in [-0.25, -0.2) is 0 Å². The first-order chi connectivity index (χ1) is 12.2. The quantitative estimate of drug-likeness (QED) is 0.596. The number of aliphatic hydroxyl groups excluding tert-OH is 3. The SMILES string of the molecule is CC12CCC(=O)C=C1CCC1C2C(O)CC2(C)C1CC[C@]2(O)C(O)CO. The highest BCUT2D eigenvalue weighted by atomic mass is 16.4. The van der Waals surface area contributed by atoms with Gasteiger partial charge in [0.1, 0.15) is 6.10 Å². The molecule has 26 heavy (non-hydrogen) atoms. The third kappa shape index (κ3) is 2.20. The molecule has 0 aromatic rings. The molecular weight excluding hydrogens is 332 g/mol. The summed E-state index contributed by atoms with van der Waals surface area (Å²) in [7, 11) is 0. The van der Waals surface area contributed by atoms with Gasteiger partial charge in [0.25, 0.3) is 0 Å². The molecule has 3 saturated carbocycles. The van der Waals surface area contributed by atoms with Crippen LogP contribution in [0.4, 0.5) is 0 Å². The number of carbonyl (C=O) groups is 1. The van der Waals surface area contributed by atoms with Crippen LogP contribution < -0.4 is 0 Å². The zero-order valence-electron chi connectivity index (χ0n) is 15.8. The van der Waals surface area contributed by atoms with Gasteiger partial charge in [-0.3, -0.25) is 4.79 Å². The molecule has 4 rings (SSSR count). The van der Waals surface area contributed by atoms with Crippen LogP contribution in [0.1, 0.15) is 58.8 Å². The Morgan fingerprint density at radius 3 is 2.65 bits per heavy atom. The van der Waals surface area contributed by atoms with Crippen molar-refractivity contribution in [3.63, 3.8) is 0 Å². The lowest BCUT2D eigenvalue weighted by Gasteiger charge is -2.61. The lowest BCUT2D eigenvalue weighted by molar-refractivity contribution is -0.207. The summed E-state index contributed by atoms with van der Waals surface area (Å²) in [5, 5.41) is 42.3. The predicted octanol–water partition coefficient (Wildman–Crippen LogP) is 1.57. The topological polar surface area (TPSA) is 98.0 Å². The van der Waals surface area contributed by atoms with E-state index in [0.717, 1.165) is 25.7 Å². The van der Waals surface area contributed by atoms with Crippen molar-refractivity contribution in [2.75, 3.05) is 6.61 Å². The third-order valence-electron chi connectivity index (χ3n) is 8.84. The predicted molar refractivity (Wildman–Crippen MR) is 96.1 cm³/mol. The smallest absolute Gasteiger partial charge is 0.155 e. The van der Waals surface area contributed by atoms with Gasteiger partial charge in [-0.15, -0.1) is 0 Å². The normalized spacial score (nSPS) is 51.9. The zero-order valence-corrected chi connectivity index (χ0v) is 15.8. The minimum Gasteiger partial charge on any atom is -0.394 e. The second kappa shape index (κ2) is 5.87. The molecule has 0 radical (unpaired) electrons. The van der Waals surface area contributed by atoms with Crippen LogP contribution in [0.2, 0.25) is 0 Å². The minimum atomic E-state index is -1.35. The molecule has 4 N–H and O–H groups in total.